The molecule has 3 unspecified atom stereocenters. The zero-order valence-electron chi connectivity index (χ0n) is 42.9. The van der Waals surface area contributed by atoms with Gasteiger partial charge in [-0.15, -0.1) is 0 Å². The maximum absolute atomic E-state index is 14.1. The fourth-order valence-corrected chi connectivity index (χ4v) is 9.43. The van der Waals surface area contributed by atoms with Gasteiger partial charge in [0.15, 0.2) is 5.52 Å². The third-order valence-corrected chi connectivity index (χ3v) is 13.5. The lowest BCUT2D eigenvalue weighted by atomic mass is 10.1. The molecule has 0 aliphatic carbocycles. The van der Waals surface area contributed by atoms with E-state index in [9.17, 15) is 19.2 Å². The Morgan fingerprint density at radius 3 is 2.08 bits per heavy atom. The molecule has 7 heterocycles. The van der Waals surface area contributed by atoms with E-state index in [1.165, 1.54) is 4.90 Å². The van der Waals surface area contributed by atoms with Gasteiger partial charge < -0.3 is 26.2 Å². The first-order valence-electron chi connectivity index (χ1n) is 24.6. The first kappa shape index (κ1) is 51.0. The van der Waals surface area contributed by atoms with Gasteiger partial charge in [0.1, 0.15) is 58.2 Å². The molecule has 76 heavy (non-hydrogen) atoms. The van der Waals surface area contributed by atoms with Gasteiger partial charge in [-0.1, -0.05) is 61.8 Å². The predicted octanol–water partition coefficient (Wildman–Crippen LogP) is 7.69. The lowest BCUT2D eigenvalue weighted by Gasteiger charge is -2.22. The molecular formula is C58H55N14O4+. The van der Waals surface area contributed by atoms with E-state index < -0.39 is 24.0 Å². The number of aryl methyl sites for hydroxylation is 1. The number of benzene rings is 2. The van der Waals surface area contributed by atoms with Gasteiger partial charge in [-0.2, -0.15) is 0 Å². The molecule has 0 radical (unpaired) electrons. The van der Waals surface area contributed by atoms with Crippen LogP contribution < -0.4 is 26.7 Å². The van der Waals surface area contributed by atoms with Gasteiger partial charge in [-0.05, 0) is 111 Å². The van der Waals surface area contributed by atoms with Gasteiger partial charge in [0.25, 0.3) is 29.4 Å². The van der Waals surface area contributed by atoms with Gasteiger partial charge in [0.05, 0.1) is 24.8 Å². The van der Waals surface area contributed by atoms with Crippen molar-refractivity contribution in [2.75, 3.05) is 35.7 Å². The second-order valence-corrected chi connectivity index (χ2v) is 18.1. The average Bonchev–Trinajstić information content (AvgIpc) is 4.17. The van der Waals surface area contributed by atoms with Crippen molar-refractivity contribution in [1.29, 1.82) is 0 Å². The molecule has 6 aromatic heterocycles. The quantitative estimate of drug-likeness (QED) is 0.0497. The molecule has 1 saturated heterocycles. The number of nitrogens with one attached hydrogen (secondary N) is 2. The van der Waals surface area contributed by atoms with Crippen LogP contribution in [0.25, 0.3) is 39.1 Å². The molecule has 6 N–H and O–H groups in total. The zero-order valence-corrected chi connectivity index (χ0v) is 42.9. The highest BCUT2D eigenvalue weighted by molar-refractivity contribution is 6.05. The second kappa shape index (κ2) is 21.6. The van der Waals surface area contributed by atoms with Crippen LogP contribution in [0.4, 0.5) is 23.3 Å². The van der Waals surface area contributed by atoms with Crippen LogP contribution in [0.3, 0.4) is 0 Å². The number of hydrogen-bond donors (Lipinski definition) is 4. The van der Waals surface area contributed by atoms with E-state index in [4.69, 9.17) is 21.4 Å². The molecule has 2 aromatic carbocycles. The Labute approximate surface area is 439 Å². The molecular weight excluding hydrogens is 957 g/mol. The number of anilines is 4. The molecule has 1 fully saturated rings. The van der Waals surface area contributed by atoms with Crippen LogP contribution in [0.2, 0.25) is 0 Å². The van der Waals surface area contributed by atoms with E-state index in [2.05, 4.69) is 55.8 Å². The number of imidazole rings is 2. The number of fused-ring (bicyclic) bond motifs is 2. The summed E-state index contributed by atoms with van der Waals surface area (Å²) < 4.78 is 5.62. The molecule has 9 rings (SSSR count). The van der Waals surface area contributed by atoms with Gasteiger partial charge >= 0.3 is 0 Å². The van der Waals surface area contributed by atoms with E-state index >= 15 is 0 Å². The van der Waals surface area contributed by atoms with Crippen LogP contribution >= 0.6 is 0 Å². The first-order valence-corrected chi connectivity index (χ1v) is 24.6. The van der Waals surface area contributed by atoms with Crippen molar-refractivity contribution in [2.45, 2.75) is 65.6 Å². The normalized spacial score (nSPS) is 14.4. The Morgan fingerprint density at radius 1 is 0.816 bits per heavy atom. The largest absolute Gasteiger partial charge is 0.382 e. The molecule has 3 atom stereocenters. The molecule has 380 valence electrons. The minimum atomic E-state index is -0.622. The summed E-state index contributed by atoms with van der Waals surface area (Å²) in [6.45, 7) is 13.3. The monoisotopic (exact) mass is 1010 g/mol. The highest BCUT2D eigenvalue weighted by atomic mass is 16.2. The molecule has 4 amide bonds. The number of pyridine rings is 2. The van der Waals surface area contributed by atoms with Gasteiger partial charge in [-0.25, -0.2) is 29.5 Å². The van der Waals surface area contributed by atoms with E-state index in [0.717, 1.165) is 23.1 Å². The van der Waals surface area contributed by atoms with Gasteiger partial charge in [0.2, 0.25) is 0 Å². The number of carbonyl (C=O) groups is 4. The number of aromatic nitrogens is 8. The lowest BCUT2D eigenvalue weighted by Crippen LogP contribution is -2.44. The summed E-state index contributed by atoms with van der Waals surface area (Å²) in [5.41, 5.74) is 20.8. The topological polar surface area (TPSA) is 228 Å². The highest BCUT2D eigenvalue weighted by Gasteiger charge is 2.43. The summed E-state index contributed by atoms with van der Waals surface area (Å²) in [4.78, 5) is 80.7. The van der Waals surface area contributed by atoms with Crippen LogP contribution in [0.5, 0.6) is 0 Å². The fourth-order valence-electron chi connectivity index (χ4n) is 9.43. The number of allylic oxidation sites excluding steroid dienone is 3. The third-order valence-electron chi connectivity index (χ3n) is 13.5. The number of nitrogens with two attached hydrogens (primary N) is 2. The van der Waals surface area contributed by atoms with Crippen molar-refractivity contribution >= 4 is 63.5 Å². The Balaban J connectivity index is 1.08. The number of rotatable bonds is 13. The molecule has 18 nitrogen and oxygen atoms in total. The Kier molecular flexibility index (Phi) is 14.5. The van der Waals surface area contributed by atoms with Crippen LogP contribution in [-0.2, 0) is 16.0 Å². The number of nitrogen functional groups attached to an aromatic ring is 2. The summed E-state index contributed by atoms with van der Waals surface area (Å²) >= 11 is 0. The summed E-state index contributed by atoms with van der Waals surface area (Å²) in [5, 5.41) is 5.76. The maximum Gasteiger partial charge on any atom is 0.299 e. The van der Waals surface area contributed by atoms with Crippen LogP contribution in [-0.4, -0.2) is 80.7 Å². The minimum absolute atomic E-state index is 0.207. The number of amides is 4. The molecule has 0 bridgehead atoms. The smallest absolute Gasteiger partial charge is 0.299 e. The molecule has 18 heteroatoms. The zero-order chi connectivity index (χ0) is 53.8. The first-order chi connectivity index (χ1) is 36.7. The standard InChI is InChI=1S/C58H54N14O4/c1-8-12-35(5)42-24-26-62-46(32-42)65-58(76)41-21-17-39(18-22-41)50-52-54(60)69(29-30-71(52)55(66-50)36(6)68(7)47(73)13-9-2)43-33-44(72(34-43)48(74)14-10-3)56-67-49(51-53(59)63-27-28-70(51)56)38-15-19-40(20-16-38)57(75)64-45-31-37(11-4)23-25-61-45/h8,12,15-32,36,43-44,60H,5,11,33-34H2,1-4,6-7H3,(H4,59,61,62,63,64,65,75,76)/p+1. The molecule has 8 aromatic rings. The van der Waals surface area contributed by atoms with Crippen LogP contribution in [0, 0.1) is 23.7 Å². The van der Waals surface area contributed by atoms with E-state index in [1.807, 2.05) is 76.9 Å². The minimum Gasteiger partial charge on any atom is -0.382 e. The van der Waals surface area contributed by atoms with Crippen molar-refractivity contribution in [3.8, 4) is 46.2 Å². The SMILES string of the molecule is C=C(C=CC)c1ccnc(NC(=O)c2ccc(-c3nc(C(C)N(C)C(=O)C#CC)n4cc[n+](C5CC(c6nc(-c7ccc(C(=O)Nc8cc(CC)ccn8)cc7)c7c(N)nccn67)N(C(=O)C#CC)C5)c(N)c34)cc2)c1. The Bertz CT molecular complexity index is 3780. The number of nitrogens with zero attached hydrogens (tertiary/aromatic N) is 10. The summed E-state index contributed by atoms with van der Waals surface area (Å²) in [6.07, 6.45) is 15.2. The average molecular weight is 1010 g/mol. The molecule has 0 spiro atoms. The predicted molar refractivity (Wildman–Crippen MR) is 292 cm³/mol. The van der Waals surface area contributed by atoms with Crippen molar-refractivity contribution in [1.82, 2.24) is 43.5 Å². The lowest BCUT2D eigenvalue weighted by molar-refractivity contribution is -0.705. The molecule has 1 aliphatic rings. The van der Waals surface area contributed by atoms with Crippen molar-refractivity contribution in [3.05, 3.63) is 163 Å². The second-order valence-electron chi connectivity index (χ2n) is 18.1. The van der Waals surface area contributed by atoms with E-state index in [-0.39, 0.29) is 30.1 Å². The van der Waals surface area contributed by atoms with Crippen LogP contribution in [0.1, 0.15) is 103 Å². The molecule has 0 saturated carbocycles. The van der Waals surface area contributed by atoms with Crippen molar-refractivity contribution < 1.29 is 23.7 Å². The van der Waals surface area contributed by atoms with Crippen LogP contribution in [0.15, 0.2) is 129 Å². The van der Waals surface area contributed by atoms with Crippen molar-refractivity contribution in [2.24, 2.45) is 0 Å². The maximum atomic E-state index is 14.1. The summed E-state index contributed by atoms with van der Waals surface area (Å²) in [5.74, 6) is 11.8. The number of likely N-dealkylation sites (tertiary alicyclic amines) is 1. The fraction of sp³-hybridized carbons (Fsp3) is 0.207. The molecule has 1 aliphatic heterocycles. The Morgan fingerprint density at radius 2 is 1.45 bits per heavy atom. The number of hydrogen-bond acceptors (Lipinski definition) is 11. The van der Waals surface area contributed by atoms with Gasteiger partial charge in [0, 0.05) is 60.5 Å². The summed E-state index contributed by atoms with van der Waals surface area (Å²) in [6, 6.07) is 19.7. The number of carbonyl (C=O) groups excluding carboxylic acids is 4. The van der Waals surface area contributed by atoms with E-state index in [1.54, 1.807) is 105 Å². The third kappa shape index (κ3) is 9.94. The van der Waals surface area contributed by atoms with E-state index in [0.29, 0.717) is 80.2 Å². The Hall–Kier alpha value is -9.94. The highest BCUT2D eigenvalue weighted by Crippen LogP contribution is 2.40. The van der Waals surface area contributed by atoms with Gasteiger partial charge in [-0.3, -0.25) is 33.7 Å². The summed E-state index contributed by atoms with van der Waals surface area (Å²) in [7, 11) is 1.66. The van der Waals surface area contributed by atoms with Crippen molar-refractivity contribution in [3.63, 3.8) is 0 Å².